The number of hydrogen-bond acceptors (Lipinski definition) is 0. The fourth-order valence-corrected chi connectivity index (χ4v) is 1.16. The number of rotatable bonds is 4. The van der Waals surface area contributed by atoms with Gasteiger partial charge in [-0.25, -0.2) is 0 Å². The molecule has 0 aromatic carbocycles. The van der Waals surface area contributed by atoms with Crippen LogP contribution in [0, 0.1) is 23.2 Å². The van der Waals surface area contributed by atoms with Crippen LogP contribution in [-0.2, 0) is 0 Å². The van der Waals surface area contributed by atoms with Crippen LogP contribution in [0.1, 0.15) is 66.7 Å². The van der Waals surface area contributed by atoms with Crippen molar-refractivity contribution in [3.8, 4) is 11.8 Å². The lowest BCUT2D eigenvalue weighted by Crippen LogP contribution is -2.16. The van der Waals surface area contributed by atoms with Gasteiger partial charge in [-0.15, -0.1) is 11.8 Å². The van der Waals surface area contributed by atoms with E-state index in [4.69, 9.17) is 0 Å². The summed E-state index contributed by atoms with van der Waals surface area (Å²) >= 11 is 0. The molecule has 0 aliphatic rings. The first-order valence-corrected chi connectivity index (χ1v) is 5.94. The molecule has 0 spiro atoms. The predicted octanol–water partition coefficient (Wildman–Crippen LogP) is 4.64. The minimum atomic E-state index is 0.436. The van der Waals surface area contributed by atoms with E-state index in [1.165, 1.54) is 19.3 Å². The fourth-order valence-electron chi connectivity index (χ4n) is 1.16. The highest BCUT2D eigenvalue weighted by Gasteiger charge is 2.18. The second-order valence-electron chi connectivity index (χ2n) is 5.26. The molecular weight excluding hydrogens is 168 g/mol. The van der Waals surface area contributed by atoms with Gasteiger partial charge in [0.15, 0.2) is 0 Å². The molecule has 0 aromatic rings. The van der Waals surface area contributed by atoms with Crippen molar-refractivity contribution >= 4 is 0 Å². The van der Waals surface area contributed by atoms with Gasteiger partial charge in [0.1, 0.15) is 0 Å². The Bertz CT molecular complexity index is 184. The fraction of sp³-hybridized carbons (Fsp3) is 0.857. The van der Waals surface area contributed by atoms with E-state index in [1.54, 1.807) is 0 Å². The molecule has 0 N–H and O–H groups in total. The average Bonchev–Trinajstić information content (AvgIpc) is 2.09. The molecule has 0 fully saturated rings. The molecule has 0 radical (unpaired) electrons. The van der Waals surface area contributed by atoms with E-state index >= 15 is 0 Å². The Morgan fingerprint density at radius 3 is 2.14 bits per heavy atom. The first-order valence-electron chi connectivity index (χ1n) is 5.94. The molecule has 0 aliphatic carbocycles. The van der Waals surface area contributed by atoms with Crippen molar-refractivity contribution in [3.05, 3.63) is 0 Å². The van der Waals surface area contributed by atoms with Crippen LogP contribution in [0.25, 0.3) is 0 Å². The second-order valence-corrected chi connectivity index (χ2v) is 5.26. The Balaban J connectivity index is 3.57. The standard InChI is InChI=1S/C14H26/c1-6-7-8-9-10-11-12-13(2)14(3,4)5/h13H,6-8,11-12H2,1-5H3. The van der Waals surface area contributed by atoms with Gasteiger partial charge in [0.2, 0.25) is 0 Å². The summed E-state index contributed by atoms with van der Waals surface area (Å²) in [6.07, 6.45) is 5.90. The number of hydrogen-bond donors (Lipinski definition) is 0. The Morgan fingerprint density at radius 2 is 1.64 bits per heavy atom. The van der Waals surface area contributed by atoms with Gasteiger partial charge < -0.3 is 0 Å². The molecule has 0 aliphatic heterocycles. The van der Waals surface area contributed by atoms with Crippen LogP contribution in [0.15, 0.2) is 0 Å². The largest absolute Gasteiger partial charge is 0.103 e. The highest BCUT2D eigenvalue weighted by Crippen LogP contribution is 2.28. The van der Waals surface area contributed by atoms with E-state index in [0.29, 0.717) is 5.41 Å². The maximum absolute atomic E-state index is 3.27. The van der Waals surface area contributed by atoms with Crippen molar-refractivity contribution in [1.82, 2.24) is 0 Å². The summed E-state index contributed by atoms with van der Waals surface area (Å²) in [7, 11) is 0. The van der Waals surface area contributed by atoms with Crippen molar-refractivity contribution in [2.24, 2.45) is 11.3 Å². The second kappa shape index (κ2) is 6.93. The summed E-state index contributed by atoms with van der Waals surface area (Å²) in [4.78, 5) is 0. The van der Waals surface area contributed by atoms with E-state index in [2.05, 4.69) is 46.5 Å². The highest BCUT2D eigenvalue weighted by molar-refractivity contribution is 4.98. The summed E-state index contributed by atoms with van der Waals surface area (Å²) in [5.41, 5.74) is 0.436. The minimum Gasteiger partial charge on any atom is -0.103 e. The molecular formula is C14H26. The molecule has 0 saturated carbocycles. The van der Waals surface area contributed by atoms with Gasteiger partial charge in [0, 0.05) is 12.8 Å². The SMILES string of the molecule is CCCCC#CCCC(C)C(C)(C)C. The third-order valence-corrected chi connectivity index (χ3v) is 2.96. The summed E-state index contributed by atoms with van der Waals surface area (Å²) in [5, 5.41) is 0. The van der Waals surface area contributed by atoms with Gasteiger partial charge in [-0.05, 0) is 24.2 Å². The summed E-state index contributed by atoms with van der Waals surface area (Å²) in [6, 6.07) is 0. The van der Waals surface area contributed by atoms with E-state index in [9.17, 15) is 0 Å². The van der Waals surface area contributed by atoms with Crippen LogP contribution >= 0.6 is 0 Å². The molecule has 0 amide bonds. The van der Waals surface area contributed by atoms with Crippen molar-refractivity contribution in [1.29, 1.82) is 0 Å². The monoisotopic (exact) mass is 194 g/mol. The van der Waals surface area contributed by atoms with Gasteiger partial charge >= 0.3 is 0 Å². The van der Waals surface area contributed by atoms with Crippen LogP contribution in [-0.4, -0.2) is 0 Å². The Kier molecular flexibility index (Phi) is 6.71. The quantitative estimate of drug-likeness (QED) is 0.451. The van der Waals surface area contributed by atoms with Gasteiger partial charge in [0.05, 0.1) is 0 Å². The summed E-state index contributed by atoms with van der Waals surface area (Å²) in [6.45, 7) is 11.5. The molecule has 0 aromatic heterocycles. The minimum absolute atomic E-state index is 0.436. The molecule has 0 bridgehead atoms. The molecule has 0 saturated heterocycles. The molecule has 14 heavy (non-hydrogen) atoms. The maximum Gasteiger partial charge on any atom is 0.00914 e. The summed E-state index contributed by atoms with van der Waals surface area (Å²) < 4.78 is 0. The molecule has 82 valence electrons. The van der Waals surface area contributed by atoms with E-state index in [0.717, 1.165) is 18.8 Å². The van der Waals surface area contributed by atoms with Gasteiger partial charge in [-0.1, -0.05) is 41.0 Å². The lowest BCUT2D eigenvalue weighted by Gasteiger charge is -2.26. The van der Waals surface area contributed by atoms with Crippen LogP contribution in [0.4, 0.5) is 0 Å². The first-order chi connectivity index (χ1) is 6.48. The molecule has 0 rings (SSSR count). The zero-order chi connectivity index (χ0) is 11.0. The zero-order valence-electron chi connectivity index (χ0n) is 10.6. The molecule has 1 atom stereocenters. The van der Waals surface area contributed by atoms with Crippen molar-refractivity contribution in [3.63, 3.8) is 0 Å². The van der Waals surface area contributed by atoms with Crippen molar-refractivity contribution in [2.45, 2.75) is 66.7 Å². The molecule has 0 heterocycles. The Morgan fingerprint density at radius 1 is 1.07 bits per heavy atom. The average molecular weight is 194 g/mol. The third kappa shape index (κ3) is 7.01. The Hall–Kier alpha value is -0.440. The zero-order valence-corrected chi connectivity index (χ0v) is 10.6. The van der Waals surface area contributed by atoms with Crippen LogP contribution in [0.5, 0.6) is 0 Å². The predicted molar refractivity (Wildman–Crippen MR) is 65.2 cm³/mol. The van der Waals surface area contributed by atoms with Gasteiger partial charge in [-0.3, -0.25) is 0 Å². The molecule has 0 heteroatoms. The lowest BCUT2D eigenvalue weighted by atomic mass is 9.79. The first kappa shape index (κ1) is 13.6. The Labute approximate surface area is 90.5 Å². The van der Waals surface area contributed by atoms with E-state index in [1.807, 2.05) is 0 Å². The normalized spacial score (nSPS) is 13.2. The molecule has 1 unspecified atom stereocenters. The van der Waals surface area contributed by atoms with Crippen LogP contribution in [0.2, 0.25) is 0 Å². The van der Waals surface area contributed by atoms with Gasteiger partial charge in [0.25, 0.3) is 0 Å². The van der Waals surface area contributed by atoms with Gasteiger partial charge in [-0.2, -0.15) is 0 Å². The van der Waals surface area contributed by atoms with Crippen LogP contribution < -0.4 is 0 Å². The topological polar surface area (TPSA) is 0 Å². The van der Waals surface area contributed by atoms with Crippen molar-refractivity contribution in [2.75, 3.05) is 0 Å². The van der Waals surface area contributed by atoms with E-state index < -0.39 is 0 Å². The molecule has 0 nitrogen and oxygen atoms in total. The van der Waals surface area contributed by atoms with Crippen LogP contribution in [0.3, 0.4) is 0 Å². The smallest absolute Gasteiger partial charge is 0.00914 e. The van der Waals surface area contributed by atoms with E-state index in [-0.39, 0.29) is 0 Å². The maximum atomic E-state index is 3.27. The van der Waals surface area contributed by atoms with Crippen molar-refractivity contribution < 1.29 is 0 Å². The number of unbranched alkanes of at least 4 members (excludes halogenated alkanes) is 2. The summed E-state index contributed by atoms with van der Waals surface area (Å²) in [5.74, 6) is 7.28. The highest BCUT2D eigenvalue weighted by atomic mass is 14.2. The third-order valence-electron chi connectivity index (χ3n) is 2.96. The lowest BCUT2D eigenvalue weighted by molar-refractivity contribution is 0.249.